The number of H-pyrrole nitrogens is 1. The molecule has 0 atom stereocenters. The van der Waals surface area contributed by atoms with Gasteiger partial charge in [-0.05, 0) is 34.0 Å². The van der Waals surface area contributed by atoms with Crippen LogP contribution >= 0.6 is 39.9 Å². The molecular weight excluding hydrogens is 304 g/mol. The first-order valence-corrected chi connectivity index (χ1v) is 7.75. The first kappa shape index (κ1) is 14.2. The molecular formula is C11H17BrN2S2. The Bertz CT molecular complexity index is 401. The minimum atomic E-state index is 0.607. The molecule has 1 aromatic rings. The summed E-state index contributed by atoms with van der Waals surface area (Å²) in [7, 11) is 0. The first-order valence-electron chi connectivity index (χ1n) is 5.39. The Kier molecular flexibility index (Phi) is 6.00. The van der Waals surface area contributed by atoms with Gasteiger partial charge in [0.2, 0.25) is 0 Å². The fourth-order valence-corrected chi connectivity index (χ4v) is 2.49. The SMILES string of the molecule is CCSCc1nc(=S)c(Br)c(CC(C)C)[nH]1. The van der Waals surface area contributed by atoms with E-state index in [1.165, 1.54) is 5.69 Å². The summed E-state index contributed by atoms with van der Waals surface area (Å²) < 4.78 is 1.61. The number of rotatable bonds is 5. The number of nitrogens with zero attached hydrogens (tertiary/aromatic N) is 1. The van der Waals surface area contributed by atoms with Gasteiger partial charge < -0.3 is 4.98 Å². The third kappa shape index (κ3) is 4.18. The largest absolute Gasteiger partial charge is 0.345 e. The van der Waals surface area contributed by atoms with E-state index in [2.05, 4.69) is 46.7 Å². The highest BCUT2D eigenvalue weighted by Gasteiger charge is 2.08. The van der Waals surface area contributed by atoms with Crippen LogP contribution in [0.5, 0.6) is 0 Å². The summed E-state index contributed by atoms with van der Waals surface area (Å²) in [5, 5.41) is 0. The number of hydrogen-bond donors (Lipinski definition) is 1. The van der Waals surface area contributed by atoms with Crippen LogP contribution in [-0.2, 0) is 12.2 Å². The first-order chi connectivity index (χ1) is 7.54. The van der Waals surface area contributed by atoms with E-state index in [0.29, 0.717) is 10.6 Å². The van der Waals surface area contributed by atoms with E-state index in [4.69, 9.17) is 12.2 Å². The highest BCUT2D eigenvalue weighted by atomic mass is 79.9. The van der Waals surface area contributed by atoms with Crippen LogP contribution in [0.4, 0.5) is 0 Å². The molecule has 0 fully saturated rings. The maximum Gasteiger partial charge on any atom is 0.144 e. The summed E-state index contributed by atoms with van der Waals surface area (Å²) in [6, 6.07) is 0. The predicted molar refractivity (Wildman–Crippen MR) is 77.5 cm³/mol. The van der Waals surface area contributed by atoms with E-state index in [0.717, 1.165) is 28.2 Å². The van der Waals surface area contributed by atoms with Crippen molar-refractivity contribution in [3.05, 3.63) is 20.6 Å². The highest BCUT2D eigenvalue weighted by Crippen LogP contribution is 2.20. The van der Waals surface area contributed by atoms with E-state index < -0.39 is 0 Å². The molecule has 0 saturated carbocycles. The predicted octanol–water partition coefficient (Wildman–Crippen LogP) is 4.35. The van der Waals surface area contributed by atoms with Gasteiger partial charge in [0.05, 0.1) is 10.2 Å². The van der Waals surface area contributed by atoms with Crippen molar-refractivity contribution in [2.75, 3.05) is 5.75 Å². The van der Waals surface area contributed by atoms with Crippen LogP contribution in [0, 0.1) is 10.6 Å². The summed E-state index contributed by atoms with van der Waals surface area (Å²) in [4.78, 5) is 7.74. The number of nitrogens with one attached hydrogen (secondary N) is 1. The zero-order valence-electron chi connectivity index (χ0n) is 9.84. The van der Waals surface area contributed by atoms with E-state index in [-0.39, 0.29) is 0 Å². The van der Waals surface area contributed by atoms with Crippen molar-refractivity contribution in [3.8, 4) is 0 Å². The zero-order chi connectivity index (χ0) is 12.1. The van der Waals surface area contributed by atoms with Crippen molar-refractivity contribution in [1.29, 1.82) is 0 Å². The maximum atomic E-state index is 5.24. The molecule has 1 N–H and O–H groups in total. The Labute approximate surface area is 115 Å². The molecule has 0 spiro atoms. The number of hydrogen-bond acceptors (Lipinski definition) is 3. The van der Waals surface area contributed by atoms with Gasteiger partial charge >= 0.3 is 0 Å². The van der Waals surface area contributed by atoms with Crippen LogP contribution in [0.3, 0.4) is 0 Å². The van der Waals surface area contributed by atoms with Crippen molar-refractivity contribution < 1.29 is 0 Å². The van der Waals surface area contributed by atoms with E-state index in [1.54, 1.807) is 0 Å². The third-order valence-corrected chi connectivity index (χ3v) is 4.34. The Morgan fingerprint density at radius 3 is 2.75 bits per heavy atom. The normalized spacial score (nSPS) is 11.1. The van der Waals surface area contributed by atoms with Gasteiger partial charge in [-0.25, -0.2) is 4.98 Å². The van der Waals surface area contributed by atoms with Crippen molar-refractivity contribution in [2.45, 2.75) is 32.9 Å². The van der Waals surface area contributed by atoms with Crippen LogP contribution in [0.2, 0.25) is 0 Å². The lowest BCUT2D eigenvalue weighted by Crippen LogP contribution is -2.04. The maximum absolute atomic E-state index is 5.24. The van der Waals surface area contributed by atoms with Gasteiger partial charge in [0.1, 0.15) is 10.5 Å². The van der Waals surface area contributed by atoms with E-state index in [9.17, 15) is 0 Å². The van der Waals surface area contributed by atoms with Crippen molar-refractivity contribution in [2.24, 2.45) is 5.92 Å². The minimum absolute atomic E-state index is 0.607. The highest BCUT2D eigenvalue weighted by molar-refractivity contribution is 9.10. The Balaban J connectivity index is 2.97. The van der Waals surface area contributed by atoms with Crippen LogP contribution < -0.4 is 0 Å². The number of halogens is 1. The standard InChI is InChI=1S/C11H17BrN2S2/c1-4-16-6-9-13-8(5-7(2)3)10(12)11(15)14-9/h7H,4-6H2,1-3H3,(H,13,14,15). The molecule has 1 aromatic heterocycles. The van der Waals surface area contributed by atoms with Gasteiger partial charge in [-0.2, -0.15) is 11.8 Å². The molecule has 0 bridgehead atoms. The summed E-state index contributed by atoms with van der Waals surface area (Å²) in [6.45, 7) is 6.54. The molecule has 0 amide bonds. The second-order valence-corrected chi connectivity index (χ2v) is 6.47. The van der Waals surface area contributed by atoms with Crippen molar-refractivity contribution in [3.63, 3.8) is 0 Å². The fourth-order valence-electron chi connectivity index (χ4n) is 1.37. The van der Waals surface area contributed by atoms with Crippen LogP contribution in [0.1, 0.15) is 32.3 Å². The van der Waals surface area contributed by atoms with Gasteiger partial charge in [0, 0.05) is 5.69 Å². The molecule has 16 heavy (non-hydrogen) atoms. The summed E-state index contributed by atoms with van der Waals surface area (Å²) in [5.41, 5.74) is 1.17. The summed E-state index contributed by atoms with van der Waals surface area (Å²) in [5.74, 6) is 3.59. The molecule has 2 nitrogen and oxygen atoms in total. The molecule has 0 aliphatic rings. The van der Waals surface area contributed by atoms with Gasteiger partial charge in [-0.15, -0.1) is 0 Å². The molecule has 90 valence electrons. The molecule has 5 heteroatoms. The van der Waals surface area contributed by atoms with Crippen molar-refractivity contribution in [1.82, 2.24) is 9.97 Å². The van der Waals surface area contributed by atoms with E-state index in [1.807, 2.05) is 11.8 Å². The zero-order valence-corrected chi connectivity index (χ0v) is 13.1. The van der Waals surface area contributed by atoms with Gasteiger partial charge in [0.25, 0.3) is 0 Å². The monoisotopic (exact) mass is 320 g/mol. The molecule has 1 rings (SSSR count). The number of thioether (sulfide) groups is 1. The summed E-state index contributed by atoms with van der Waals surface area (Å²) in [6.07, 6.45) is 0.997. The average molecular weight is 321 g/mol. The lowest BCUT2D eigenvalue weighted by molar-refractivity contribution is 0.629. The molecule has 0 unspecified atom stereocenters. The molecule has 0 aliphatic heterocycles. The second kappa shape index (κ2) is 6.77. The van der Waals surface area contributed by atoms with Crippen LogP contribution in [-0.4, -0.2) is 15.7 Å². The van der Waals surface area contributed by atoms with Gasteiger partial charge in [-0.3, -0.25) is 0 Å². The van der Waals surface area contributed by atoms with Crippen molar-refractivity contribution >= 4 is 39.9 Å². The molecule has 0 radical (unpaired) electrons. The van der Waals surface area contributed by atoms with Crippen LogP contribution in [0.25, 0.3) is 0 Å². The van der Waals surface area contributed by atoms with E-state index >= 15 is 0 Å². The third-order valence-electron chi connectivity index (χ3n) is 2.04. The summed E-state index contributed by atoms with van der Waals surface area (Å²) >= 11 is 10.6. The topological polar surface area (TPSA) is 28.7 Å². The molecule has 0 aliphatic carbocycles. The molecule has 0 saturated heterocycles. The second-order valence-electron chi connectivity index (χ2n) is 4.02. The average Bonchev–Trinajstić information content (AvgIpc) is 2.21. The lowest BCUT2D eigenvalue weighted by Gasteiger charge is -2.10. The lowest BCUT2D eigenvalue weighted by atomic mass is 10.1. The Morgan fingerprint density at radius 2 is 2.19 bits per heavy atom. The quantitative estimate of drug-likeness (QED) is 0.817. The minimum Gasteiger partial charge on any atom is -0.345 e. The van der Waals surface area contributed by atoms with Gasteiger partial charge in [0.15, 0.2) is 0 Å². The van der Waals surface area contributed by atoms with Gasteiger partial charge in [-0.1, -0.05) is 33.0 Å². The molecule has 1 heterocycles. The smallest absolute Gasteiger partial charge is 0.144 e. The number of aromatic nitrogens is 2. The Morgan fingerprint density at radius 1 is 1.50 bits per heavy atom. The molecule has 0 aromatic carbocycles. The fraction of sp³-hybridized carbons (Fsp3) is 0.636. The number of aromatic amines is 1. The van der Waals surface area contributed by atoms with Crippen LogP contribution in [0.15, 0.2) is 4.47 Å². The Hall–Kier alpha value is 0.130.